The van der Waals surface area contributed by atoms with Crippen LogP contribution >= 0.6 is 0 Å². The average molecular weight is 153 g/mol. The molecule has 0 unspecified atom stereocenters. The van der Waals surface area contributed by atoms with Gasteiger partial charge in [-0.15, -0.1) is 0 Å². The van der Waals surface area contributed by atoms with Crippen molar-refractivity contribution in [3.63, 3.8) is 0 Å². The summed E-state index contributed by atoms with van der Waals surface area (Å²) >= 11 is 0. The van der Waals surface area contributed by atoms with Crippen molar-refractivity contribution in [1.82, 2.24) is 0 Å². The Kier molecular flexibility index (Phi) is 2.86. The zero-order valence-electron chi connectivity index (χ0n) is 6.49. The molecule has 60 valence electrons. The fourth-order valence-corrected chi connectivity index (χ4v) is 0.782. The normalized spacial score (nSPS) is 9.91. The molecule has 1 heterocycles. The summed E-state index contributed by atoms with van der Waals surface area (Å²) in [4.78, 5) is 0. The number of rotatable bonds is 3. The van der Waals surface area contributed by atoms with Crippen molar-refractivity contribution in [1.29, 1.82) is 0 Å². The number of pyridine rings is 1. The third-order valence-electron chi connectivity index (χ3n) is 1.36. The smallest absolute Gasteiger partial charge is 0.218 e. The molecule has 0 fully saturated rings. The molecular weight excluding hydrogens is 142 g/mol. The first-order valence-electron chi connectivity index (χ1n) is 3.59. The van der Waals surface area contributed by atoms with Gasteiger partial charge in [-0.1, -0.05) is 0 Å². The lowest BCUT2D eigenvalue weighted by Crippen LogP contribution is -2.31. The van der Waals surface area contributed by atoms with E-state index in [2.05, 4.69) is 0 Å². The highest BCUT2D eigenvalue weighted by atomic mass is 16.5. The largest absolute Gasteiger partial charge is 0.618 e. The van der Waals surface area contributed by atoms with Crippen LogP contribution in [0.1, 0.15) is 12.6 Å². The van der Waals surface area contributed by atoms with Crippen molar-refractivity contribution in [3.05, 3.63) is 35.3 Å². The Bertz CT molecular complexity index is 225. The number of nitrogens with zero attached hydrogens (tertiary/aromatic N) is 1. The van der Waals surface area contributed by atoms with Crippen molar-refractivity contribution >= 4 is 0 Å². The van der Waals surface area contributed by atoms with Gasteiger partial charge in [-0.25, -0.2) is 0 Å². The minimum absolute atomic E-state index is 0.390. The molecule has 1 aromatic heterocycles. The highest BCUT2D eigenvalue weighted by Crippen LogP contribution is 1.92. The highest BCUT2D eigenvalue weighted by molar-refractivity contribution is 4.95. The van der Waals surface area contributed by atoms with E-state index in [0.29, 0.717) is 18.9 Å². The molecular formula is C8H11NO2. The number of aromatic nitrogens is 1. The Balaban J connectivity index is 2.62. The van der Waals surface area contributed by atoms with Crippen molar-refractivity contribution in [2.24, 2.45) is 0 Å². The van der Waals surface area contributed by atoms with Gasteiger partial charge in [0, 0.05) is 18.7 Å². The summed E-state index contributed by atoms with van der Waals surface area (Å²) in [6, 6.07) is 5.27. The maximum absolute atomic E-state index is 11.0. The first-order chi connectivity index (χ1) is 5.34. The lowest BCUT2D eigenvalue weighted by atomic mass is 10.4. The molecule has 0 aliphatic rings. The lowest BCUT2D eigenvalue weighted by Gasteiger charge is -2.02. The van der Waals surface area contributed by atoms with Crippen LogP contribution in [-0.4, -0.2) is 6.61 Å². The predicted molar refractivity (Wildman–Crippen MR) is 40.7 cm³/mol. The van der Waals surface area contributed by atoms with Crippen LogP contribution in [0.4, 0.5) is 0 Å². The van der Waals surface area contributed by atoms with Gasteiger partial charge in [0.25, 0.3) is 0 Å². The minimum Gasteiger partial charge on any atom is -0.618 e. The van der Waals surface area contributed by atoms with Crippen LogP contribution in [0.2, 0.25) is 0 Å². The van der Waals surface area contributed by atoms with E-state index < -0.39 is 0 Å². The quantitative estimate of drug-likeness (QED) is 0.477. The van der Waals surface area contributed by atoms with Crippen molar-refractivity contribution in [2.75, 3.05) is 6.61 Å². The third kappa shape index (κ3) is 2.20. The molecule has 0 amide bonds. The molecule has 3 nitrogen and oxygen atoms in total. The zero-order chi connectivity index (χ0) is 8.10. The minimum atomic E-state index is 0.390. The van der Waals surface area contributed by atoms with Crippen LogP contribution in [0.25, 0.3) is 0 Å². The SMILES string of the molecule is CCOCc1cccc[n+]1[O-]. The molecule has 0 aliphatic carbocycles. The molecule has 3 heteroatoms. The Morgan fingerprint density at radius 3 is 3.00 bits per heavy atom. The highest BCUT2D eigenvalue weighted by Gasteiger charge is 2.00. The van der Waals surface area contributed by atoms with Crippen LogP contribution < -0.4 is 4.73 Å². The lowest BCUT2D eigenvalue weighted by molar-refractivity contribution is -0.616. The number of ether oxygens (including phenoxy) is 1. The second-order valence-electron chi connectivity index (χ2n) is 2.15. The van der Waals surface area contributed by atoms with Gasteiger partial charge >= 0.3 is 0 Å². The van der Waals surface area contributed by atoms with Gasteiger partial charge in [-0.3, -0.25) is 0 Å². The van der Waals surface area contributed by atoms with E-state index >= 15 is 0 Å². The second-order valence-corrected chi connectivity index (χ2v) is 2.15. The Morgan fingerprint density at radius 1 is 1.55 bits per heavy atom. The molecule has 0 saturated carbocycles. The van der Waals surface area contributed by atoms with Gasteiger partial charge in [0.05, 0.1) is 0 Å². The summed E-state index contributed by atoms with van der Waals surface area (Å²) in [6.45, 7) is 2.92. The van der Waals surface area contributed by atoms with Crippen LogP contribution in [0.15, 0.2) is 24.4 Å². The van der Waals surface area contributed by atoms with Gasteiger partial charge in [0.15, 0.2) is 6.20 Å². The number of hydrogen-bond acceptors (Lipinski definition) is 2. The van der Waals surface area contributed by atoms with E-state index in [9.17, 15) is 5.21 Å². The molecule has 1 rings (SSSR count). The Labute approximate surface area is 65.8 Å². The van der Waals surface area contributed by atoms with Gasteiger partial charge in [-0.05, 0) is 13.0 Å². The molecule has 0 aromatic carbocycles. The first kappa shape index (κ1) is 8.01. The maximum Gasteiger partial charge on any atom is 0.218 e. The molecule has 11 heavy (non-hydrogen) atoms. The van der Waals surface area contributed by atoms with Gasteiger partial charge < -0.3 is 9.94 Å². The third-order valence-corrected chi connectivity index (χ3v) is 1.36. The summed E-state index contributed by atoms with van der Waals surface area (Å²) in [5, 5.41) is 11.0. The van der Waals surface area contributed by atoms with Gasteiger partial charge in [0.2, 0.25) is 5.69 Å². The fraction of sp³-hybridized carbons (Fsp3) is 0.375. The first-order valence-corrected chi connectivity index (χ1v) is 3.59. The molecule has 1 aromatic rings. The van der Waals surface area contributed by atoms with Gasteiger partial charge in [0.1, 0.15) is 6.61 Å². The van der Waals surface area contributed by atoms with E-state index in [0.717, 1.165) is 4.73 Å². The molecule has 0 atom stereocenters. The van der Waals surface area contributed by atoms with E-state index in [1.165, 1.54) is 6.20 Å². The van der Waals surface area contributed by atoms with Crippen molar-refractivity contribution in [3.8, 4) is 0 Å². The summed E-state index contributed by atoms with van der Waals surface area (Å²) in [7, 11) is 0. The van der Waals surface area contributed by atoms with Crippen molar-refractivity contribution < 1.29 is 9.47 Å². The van der Waals surface area contributed by atoms with Crippen LogP contribution in [0.5, 0.6) is 0 Å². The topological polar surface area (TPSA) is 36.2 Å². The summed E-state index contributed by atoms with van der Waals surface area (Å²) in [5.41, 5.74) is 0.648. The molecule has 0 radical (unpaired) electrons. The number of hydrogen-bond donors (Lipinski definition) is 0. The van der Waals surface area contributed by atoms with Crippen molar-refractivity contribution in [2.45, 2.75) is 13.5 Å². The van der Waals surface area contributed by atoms with E-state index in [4.69, 9.17) is 4.74 Å². The van der Waals surface area contributed by atoms with E-state index in [-0.39, 0.29) is 0 Å². The Hall–Kier alpha value is -1.09. The molecule has 0 spiro atoms. The Morgan fingerprint density at radius 2 is 2.36 bits per heavy atom. The fourth-order valence-electron chi connectivity index (χ4n) is 0.782. The predicted octanol–water partition coefficient (Wildman–Crippen LogP) is 0.857. The van der Waals surface area contributed by atoms with E-state index in [1.54, 1.807) is 12.1 Å². The summed E-state index contributed by atoms with van der Waals surface area (Å²) in [5.74, 6) is 0. The summed E-state index contributed by atoms with van der Waals surface area (Å²) < 4.78 is 5.89. The zero-order valence-corrected chi connectivity index (χ0v) is 6.49. The van der Waals surface area contributed by atoms with Crippen LogP contribution in [0, 0.1) is 5.21 Å². The van der Waals surface area contributed by atoms with E-state index in [1.807, 2.05) is 13.0 Å². The van der Waals surface area contributed by atoms with Crippen LogP contribution in [-0.2, 0) is 11.3 Å². The molecule has 0 aliphatic heterocycles. The molecule has 0 N–H and O–H groups in total. The second kappa shape index (κ2) is 3.93. The van der Waals surface area contributed by atoms with Gasteiger partial charge in [-0.2, -0.15) is 4.73 Å². The average Bonchev–Trinajstić information content (AvgIpc) is 2.03. The van der Waals surface area contributed by atoms with Crippen LogP contribution in [0.3, 0.4) is 0 Å². The standard InChI is InChI=1S/C8H11NO2/c1-2-11-7-8-5-3-4-6-9(8)10/h3-6H,2,7H2,1H3. The summed E-state index contributed by atoms with van der Waals surface area (Å²) in [6.07, 6.45) is 1.47. The molecule has 0 bridgehead atoms. The monoisotopic (exact) mass is 153 g/mol. The molecule has 0 saturated heterocycles. The maximum atomic E-state index is 11.0.